The van der Waals surface area contributed by atoms with Gasteiger partial charge in [0, 0.05) is 0 Å². The molecular weight excluding hydrogens is 348 g/mol. The van der Waals surface area contributed by atoms with E-state index in [0.29, 0.717) is 11.4 Å². The highest BCUT2D eigenvalue weighted by Crippen LogP contribution is 2.29. The number of rotatable bonds is 8. The van der Waals surface area contributed by atoms with E-state index in [0.717, 1.165) is 34.6 Å². The zero-order valence-corrected chi connectivity index (χ0v) is 15.4. The molecular formula is C21H23F2N3O. The second-order valence-corrected chi connectivity index (χ2v) is 6.34. The van der Waals surface area contributed by atoms with E-state index in [1.54, 1.807) is 6.92 Å². The fourth-order valence-corrected chi connectivity index (χ4v) is 2.95. The molecule has 0 bridgehead atoms. The van der Waals surface area contributed by atoms with Gasteiger partial charge in [0.05, 0.1) is 23.6 Å². The maximum Gasteiger partial charge on any atom is 0.333 e. The molecule has 27 heavy (non-hydrogen) atoms. The van der Waals surface area contributed by atoms with Crippen molar-refractivity contribution in [3.63, 3.8) is 0 Å². The van der Waals surface area contributed by atoms with Crippen LogP contribution in [0.1, 0.15) is 43.6 Å². The molecule has 0 spiro atoms. The van der Waals surface area contributed by atoms with Gasteiger partial charge in [0.1, 0.15) is 11.5 Å². The van der Waals surface area contributed by atoms with E-state index in [-0.39, 0.29) is 6.04 Å². The zero-order valence-electron chi connectivity index (χ0n) is 15.4. The van der Waals surface area contributed by atoms with Gasteiger partial charge in [-0.15, -0.1) is 0 Å². The number of nitrogens with one attached hydrogen (secondary N) is 1. The third-order valence-corrected chi connectivity index (χ3v) is 4.40. The molecule has 0 saturated carbocycles. The van der Waals surface area contributed by atoms with Crippen molar-refractivity contribution < 1.29 is 13.5 Å². The van der Waals surface area contributed by atoms with Crippen LogP contribution < -0.4 is 10.1 Å². The third-order valence-electron chi connectivity index (χ3n) is 4.40. The Kier molecular flexibility index (Phi) is 6.06. The van der Waals surface area contributed by atoms with Crippen LogP contribution in [-0.4, -0.2) is 9.78 Å². The van der Waals surface area contributed by atoms with Crippen LogP contribution >= 0.6 is 0 Å². The lowest BCUT2D eigenvalue weighted by Crippen LogP contribution is -2.11. The summed E-state index contributed by atoms with van der Waals surface area (Å²) < 4.78 is 32.4. The average molecular weight is 371 g/mol. The highest BCUT2D eigenvalue weighted by Gasteiger charge is 2.17. The minimum absolute atomic E-state index is 0.00907. The summed E-state index contributed by atoms with van der Waals surface area (Å²) in [6.07, 6.45) is 3.29. The van der Waals surface area contributed by atoms with Crippen molar-refractivity contribution in [2.24, 2.45) is 0 Å². The van der Waals surface area contributed by atoms with Crippen LogP contribution in [0.2, 0.25) is 0 Å². The lowest BCUT2D eigenvalue weighted by atomic mass is 10.0. The first-order valence-electron chi connectivity index (χ1n) is 9.00. The van der Waals surface area contributed by atoms with Gasteiger partial charge in [-0.3, -0.25) is 0 Å². The first-order valence-corrected chi connectivity index (χ1v) is 9.00. The Balaban J connectivity index is 1.74. The minimum atomic E-state index is -2.64. The summed E-state index contributed by atoms with van der Waals surface area (Å²) >= 11 is 0. The Morgan fingerprint density at radius 2 is 1.70 bits per heavy atom. The van der Waals surface area contributed by atoms with Gasteiger partial charge in [0.2, 0.25) is 0 Å². The van der Waals surface area contributed by atoms with Crippen LogP contribution in [0.4, 0.5) is 14.5 Å². The summed E-state index contributed by atoms with van der Waals surface area (Å²) in [5.41, 5.74) is 2.12. The molecule has 0 saturated heterocycles. The van der Waals surface area contributed by atoms with E-state index in [4.69, 9.17) is 4.74 Å². The first kappa shape index (κ1) is 18.9. The monoisotopic (exact) mass is 371 g/mol. The van der Waals surface area contributed by atoms with Gasteiger partial charge in [-0.25, -0.2) is 4.68 Å². The number of aromatic nitrogens is 2. The molecule has 0 aliphatic carbocycles. The maximum atomic E-state index is 12.9. The van der Waals surface area contributed by atoms with E-state index < -0.39 is 6.55 Å². The number of ether oxygens (including phenoxy) is 1. The molecule has 0 aliphatic heterocycles. The van der Waals surface area contributed by atoms with Gasteiger partial charge in [-0.2, -0.15) is 13.9 Å². The fraction of sp³-hybridized carbons (Fsp3) is 0.286. The molecule has 0 aliphatic rings. The minimum Gasteiger partial charge on any atom is -0.457 e. The van der Waals surface area contributed by atoms with Crippen molar-refractivity contribution in [2.45, 2.75) is 39.3 Å². The van der Waals surface area contributed by atoms with Crippen molar-refractivity contribution in [1.82, 2.24) is 9.78 Å². The molecule has 6 heteroatoms. The summed E-state index contributed by atoms with van der Waals surface area (Å²) in [5, 5.41) is 7.12. The van der Waals surface area contributed by atoms with Crippen LogP contribution in [0.15, 0.2) is 60.8 Å². The number of nitrogens with zero attached hydrogens (tertiary/aromatic N) is 2. The molecule has 0 fully saturated rings. The molecule has 1 N–H and O–H groups in total. The van der Waals surface area contributed by atoms with Gasteiger partial charge in [0.15, 0.2) is 0 Å². The topological polar surface area (TPSA) is 39.1 Å². The van der Waals surface area contributed by atoms with Gasteiger partial charge >= 0.3 is 6.55 Å². The normalized spacial score (nSPS) is 12.2. The smallest absolute Gasteiger partial charge is 0.333 e. The van der Waals surface area contributed by atoms with Crippen molar-refractivity contribution in [3.05, 3.63) is 72.1 Å². The Labute approximate surface area is 157 Å². The summed E-state index contributed by atoms with van der Waals surface area (Å²) in [4.78, 5) is 0. The maximum absolute atomic E-state index is 12.9. The molecule has 0 radical (unpaired) electrons. The largest absolute Gasteiger partial charge is 0.457 e. The van der Waals surface area contributed by atoms with E-state index in [1.807, 2.05) is 54.6 Å². The number of hydrogen-bond acceptors (Lipinski definition) is 3. The van der Waals surface area contributed by atoms with Crippen molar-refractivity contribution in [3.8, 4) is 11.5 Å². The SMILES string of the molecule is CCCC(Nc1cnn(C(F)F)c1C)c1ccc(Oc2ccccc2)cc1. The molecule has 1 heterocycles. The summed E-state index contributed by atoms with van der Waals surface area (Å²) in [6, 6.07) is 17.4. The second-order valence-electron chi connectivity index (χ2n) is 6.34. The quantitative estimate of drug-likeness (QED) is 0.503. The Bertz CT molecular complexity index is 848. The molecule has 0 amide bonds. The van der Waals surface area contributed by atoms with Crippen LogP contribution in [0, 0.1) is 6.92 Å². The first-order chi connectivity index (χ1) is 13.1. The highest BCUT2D eigenvalue weighted by atomic mass is 19.3. The number of benzene rings is 2. The van der Waals surface area contributed by atoms with Crippen molar-refractivity contribution in [2.75, 3.05) is 5.32 Å². The molecule has 2 aromatic carbocycles. The number of para-hydroxylation sites is 1. The van der Waals surface area contributed by atoms with E-state index in [1.165, 1.54) is 6.20 Å². The van der Waals surface area contributed by atoms with E-state index >= 15 is 0 Å². The van der Waals surface area contributed by atoms with Gasteiger partial charge in [0.25, 0.3) is 0 Å². The summed E-state index contributed by atoms with van der Waals surface area (Å²) in [7, 11) is 0. The van der Waals surface area contributed by atoms with Crippen LogP contribution in [0.3, 0.4) is 0 Å². The standard InChI is InChI=1S/C21H23F2N3O/c1-3-7-19(25-20-14-24-26(15(20)2)21(22)23)16-10-12-18(13-11-16)27-17-8-5-4-6-9-17/h4-6,8-14,19,21,25H,3,7H2,1-2H3. The fourth-order valence-electron chi connectivity index (χ4n) is 2.95. The van der Waals surface area contributed by atoms with Gasteiger partial charge in [-0.1, -0.05) is 43.7 Å². The zero-order chi connectivity index (χ0) is 19.2. The van der Waals surface area contributed by atoms with Crippen molar-refractivity contribution >= 4 is 5.69 Å². The Morgan fingerprint density at radius 3 is 2.30 bits per heavy atom. The molecule has 3 aromatic rings. The number of halogens is 2. The number of alkyl halides is 2. The van der Waals surface area contributed by atoms with E-state index in [9.17, 15) is 8.78 Å². The molecule has 3 rings (SSSR count). The predicted octanol–water partition coefficient (Wildman–Crippen LogP) is 6.33. The Hall–Kier alpha value is -2.89. The average Bonchev–Trinajstić information content (AvgIpc) is 3.04. The second kappa shape index (κ2) is 8.66. The molecule has 1 unspecified atom stereocenters. The molecule has 142 valence electrons. The molecule has 1 aromatic heterocycles. The summed E-state index contributed by atoms with van der Waals surface area (Å²) in [5.74, 6) is 1.53. The number of hydrogen-bond donors (Lipinski definition) is 1. The van der Waals surface area contributed by atoms with Crippen molar-refractivity contribution in [1.29, 1.82) is 0 Å². The van der Waals surface area contributed by atoms with Crippen LogP contribution in [-0.2, 0) is 0 Å². The third kappa shape index (κ3) is 4.64. The predicted molar refractivity (Wildman–Crippen MR) is 102 cm³/mol. The van der Waals surface area contributed by atoms with Gasteiger partial charge < -0.3 is 10.1 Å². The lowest BCUT2D eigenvalue weighted by molar-refractivity contribution is 0.0545. The van der Waals surface area contributed by atoms with Crippen LogP contribution in [0.25, 0.3) is 0 Å². The van der Waals surface area contributed by atoms with Crippen LogP contribution in [0.5, 0.6) is 11.5 Å². The van der Waals surface area contributed by atoms with E-state index in [2.05, 4.69) is 17.3 Å². The lowest BCUT2D eigenvalue weighted by Gasteiger charge is -2.20. The van der Waals surface area contributed by atoms with Gasteiger partial charge in [-0.05, 0) is 43.2 Å². The Morgan fingerprint density at radius 1 is 1.04 bits per heavy atom. The molecule has 1 atom stereocenters. The number of anilines is 1. The summed E-state index contributed by atoms with van der Waals surface area (Å²) in [6.45, 7) is 1.10. The molecule has 4 nitrogen and oxygen atoms in total. The highest BCUT2D eigenvalue weighted by molar-refractivity contribution is 5.48.